The highest BCUT2D eigenvalue weighted by molar-refractivity contribution is 9.09. The third-order valence-electron chi connectivity index (χ3n) is 2.26. The van der Waals surface area contributed by atoms with Crippen molar-refractivity contribution >= 4 is 15.9 Å². The maximum absolute atomic E-state index is 8.72. The predicted octanol–water partition coefficient (Wildman–Crippen LogP) is 3.89. The average Bonchev–Trinajstić information content (AvgIpc) is 2.34. The summed E-state index contributed by atoms with van der Waals surface area (Å²) >= 11 is 3.41. The molecule has 0 unspecified atom stereocenters. The number of rotatable bonds is 7. The van der Waals surface area contributed by atoms with Crippen LogP contribution in [0.25, 0.3) is 0 Å². The van der Waals surface area contributed by atoms with Gasteiger partial charge in [-0.1, -0.05) is 34.8 Å². The Morgan fingerprint density at radius 1 is 1.19 bits per heavy atom. The summed E-state index contributed by atoms with van der Waals surface area (Å²) in [4.78, 5) is 0. The largest absolute Gasteiger partial charge is 0.494 e. The highest BCUT2D eigenvalue weighted by atomic mass is 79.9. The fraction of sp³-hybridized carbons (Fsp3) is 0.462. The number of nitrogens with zero attached hydrogens (tertiary/aromatic N) is 1. The van der Waals surface area contributed by atoms with Gasteiger partial charge in [0.25, 0.3) is 0 Å². The first-order chi connectivity index (χ1) is 7.86. The molecule has 0 N–H and O–H groups in total. The summed E-state index contributed by atoms with van der Waals surface area (Å²) < 4.78 is 5.57. The Bertz CT molecular complexity index is 346. The number of hydrogen-bond donors (Lipinski definition) is 0. The topological polar surface area (TPSA) is 33.0 Å². The number of ether oxygens (including phenoxy) is 1. The van der Waals surface area contributed by atoms with Gasteiger partial charge in [0.1, 0.15) is 5.75 Å². The van der Waals surface area contributed by atoms with Gasteiger partial charge in [0.2, 0.25) is 0 Å². The third-order valence-corrected chi connectivity index (χ3v) is 2.82. The summed E-state index contributed by atoms with van der Waals surface area (Å²) in [6.45, 7) is 0.733. The van der Waals surface area contributed by atoms with E-state index in [0.29, 0.717) is 5.56 Å². The van der Waals surface area contributed by atoms with Gasteiger partial charge < -0.3 is 4.74 Å². The Morgan fingerprint density at radius 3 is 2.75 bits per heavy atom. The van der Waals surface area contributed by atoms with Gasteiger partial charge in [0.05, 0.1) is 18.2 Å². The van der Waals surface area contributed by atoms with Crippen LogP contribution in [0, 0.1) is 11.3 Å². The van der Waals surface area contributed by atoms with Gasteiger partial charge in [-0.3, -0.25) is 0 Å². The smallest absolute Gasteiger partial charge is 0.120 e. The molecular formula is C13H16BrNO. The van der Waals surface area contributed by atoms with Crippen molar-refractivity contribution in [2.24, 2.45) is 0 Å². The zero-order chi connectivity index (χ0) is 11.6. The molecule has 0 aliphatic rings. The number of halogens is 1. The lowest BCUT2D eigenvalue weighted by molar-refractivity contribution is 0.305. The summed E-state index contributed by atoms with van der Waals surface area (Å²) in [5, 5.41) is 9.80. The first-order valence-electron chi connectivity index (χ1n) is 5.56. The lowest BCUT2D eigenvalue weighted by Gasteiger charge is -2.05. The molecule has 0 heterocycles. The molecule has 1 rings (SSSR count). The molecule has 0 saturated carbocycles. The molecule has 3 heteroatoms. The van der Waals surface area contributed by atoms with E-state index in [-0.39, 0.29) is 0 Å². The standard InChI is InChI=1S/C13H16BrNO/c14-8-3-1-2-4-9-16-13-7-5-6-12(10-13)11-15/h5-7,10H,1-4,8-9H2. The van der Waals surface area contributed by atoms with Crippen LogP contribution in [-0.4, -0.2) is 11.9 Å². The van der Waals surface area contributed by atoms with E-state index in [1.54, 1.807) is 12.1 Å². The maximum atomic E-state index is 8.72. The van der Waals surface area contributed by atoms with E-state index in [1.807, 2.05) is 12.1 Å². The van der Waals surface area contributed by atoms with E-state index in [0.717, 1.165) is 24.1 Å². The molecule has 0 saturated heterocycles. The van der Waals surface area contributed by atoms with Crippen LogP contribution < -0.4 is 4.74 Å². The summed E-state index contributed by atoms with van der Waals surface area (Å²) in [6, 6.07) is 9.39. The van der Waals surface area contributed by atoms with Crippen LogP contribution in [0.2, 0.25) is 0 Å². The van der Waals surface area contributed by atoms with Crippen molar-refractivity contribution in [2.45, 2.75) is 25.7 Å². The highest BCUT2D eigenvalue weighted by Gasteiger charge is 1.96. The normalized spacial score (nSPS) is 9.75. The number of alkyl halides is 1. The van der Waals surface area contributed by atoms with Crippen LogP contribution in [0.5, 0.6) is 5.75 Å². The molecule has 0 atom stereocenters. The fourth-order valence-corrected chi connectivity index (χ4v) is 1.79. The van der Waals surface area contributed by atoms with Gasteiger partial charge in [-0.15, -0.1) is 0 Å². The third kappa shape index (κ3) is 5.18. The first-order valence-corrected chi connectivity index (χ1v) is 6.68. The molecule has 0 bridgehead atoms. The summed E-state index contributed by atoms with van der Waals surface area (Å²) in [5.74, 6) is 0.791. The number of nitriles is 1. The van der Waals surface area contributed by atoms with Crippen LogP contribution in [0.4, 0.5) is 0 Å². The maximum Gasteiger partial charge on any atom is 0.120 e. The minimum Gasteiger partial charge on any atom is -0.494 e. The quantitative estimate of drug-likeness (QED) is 0.561. The van der Waals surface area contributed by atoms with E-state index in [4.69, 9.17) is 10.00 Å². The first kappa shape index (κ1) is 13.1. The summed E-state index contributed by atoms with van der Waals surface area (Å²) in [7, 11) is 0. The lowest BCUT2D eigenvalue weighted by atomic mass is 10.2. The molecular weight excluding hydrogens is 266 g/mol. The summed E-state index contributed by atoms with van der Waals surface area (Å²) in [6.07, 6.45) is 4.74. The Balaban J connectivity index is 2.19. The number of benzene rings is 1. The predicted molar refractivity (Wildman–Crippen MR) is 68.9 cm³/mol. The lowest BCUT2D eigenvalue weighted by Crippen LogP contribution is -1.97. The molecule has 0 radical (unpaired) electrons. The molecule has 16 heavy (non-hydrogen) atoms. The number of hydrogen-bond acceptors (Lipinski definition) is 2. The van der Waals surface area contributed by atoms with Gasteiger partial charge in [0, 0.05) is 5.33 Å². The molecule has 1 aromatic rings. The Kier molecular flexibility index (Phi) is 6.67. The van der Waals surface area contributed by atoms with Crippen LogP contribution >= 0.6 is 15.9 Å². The second-order valence-electron chi connectivity index (χ2n) is 3.59. The van der Waals surface area contributed by atoms with E-state index in [2.05, 4.69) is 22.0 Å². The highest BCUT2D eigenvalue weighted by Crippen LogP contribution is 2.13. The molecule has 0 aliphatic heterocycles. The van der Waals surface area contributed by atoms with E-state index in [1.165, 1.54) is 19.3 Å². The molecule has 86 valence electrons. The van der Waals surface area contributed by atoms with Crippen molar-refractivity contribution in [1.82, 2.24) is 0 Å². The van der Waals surface area contributed by atoms with Gasteiger partial charge in [-0.2, -0.15) is 5.26 Å². The van der Waals surface area contributed by atoms with Crippen molar-refractivity contribution in [1.29, 1.82) is 5.26 Å². The van der Waals surface area contributed by atoms with Gasteiger partial charge in [-0.25, -0.2) is 0 Å². The molecule has 2 nitrogen and oxygen atoms in total. The van der Waals surface area contributed by atoms with Crippen LogP contribution in [0.15, 0.2) is 24.3 Å². The molecule has 1 aromatic carbocycles. The zero-order valence-corrected chi connectivity index (χ0v) is 10.9. The minimum atomic E-state index is 0.650. The van der Waals surface area contributed by atoms with Crippen LogP contribution in [-0.2, 0) is 0 Å². The average molecular weight is 282 g/mol. The number of unbranched alkanes of at least 4 members (excludes halogenated alkanes) is 3. The van der Waals surface area contributed by atoms with Crippen molar-refractivity contribution in [2.75, 3.05) is 11.9 Å². The van der Waals surface area contributed by atoms with E-state index < -0.39 is 0 Å². The second-order valence-corrected chi connectivity index (χ2v) is 4.38. The van der Waals surface area contributed by atoms with Crippen LogP contribution in [0.1, 0.15) is 31.2 Å². The Labute approximate surface area is 105 Å². The van der Waals surface area contributed by atoms with E-state index >= 15 is 0 Å². The molecule has 0 aromatic heterocycles. The molecule has 0 spiro atoms. The second kappa shape index (κ2) is 8.18. The van der Waals surface area contributed by atoms with Crippen molar-refractivity contribution in [3.05, 3.63) is 29.8 Å². The molecule has 0 amide bonds. The Hall–Kier alpha value is -1.01. The molecule has 0 fully saturated rings. The van der Waals surface area contributed by atoms with Gasteiger partial charge in [0.15, 0.2) is 0 Å². The minimum absolute atomic E-state index is 0.650. The van der Waals surface area contributed by atoms with Crippen LogP contribution in [0.3, 0.4) is 0 Å². The van der Waals surface area contributed by atoms with E-state index in [9.17, 15) is 0 Å². The van der Waals surface area contributed by atoms with Crippen molar-refractivity contribution in [3.8, 4) is 11.8 Å². The van der Waals surface area contributed by atoms with Gasteiger partial charge >= 0.3 is 0 Å². The SMILES string of the molecule is N#Cc1cccc(OCCCCCCBr)c1. The monoisotopic (exact) mass is 281 g/mol. The summed E-state index contributed by atoms with van der Waals surface area (Å²) in [5.41, 5.74) is 0.650. The Morgan fingerprint density at radius 2 is 2.00 bits per heavy atom. The van der Waals surface area contributed by atoms with Gasteiger partial charge in [-0.05, 0) is 31.0 Å². The van der Waals surface area contributed by atoms with Crippen molar-refractivity contribution in [3.63, 3.8) is 0 Å². The molecule has 0 aliphatic carbocycles. The van der Waals surface area contributed by atoms with Crippen molar-refractivity contribution < 1.29 is 4.74 Å². The fourth-order valence-electron chi connectivity index (χ4n) is 1.40. The zero-order valence-electron chi connectivity index (χ0n) is 9.29.